The van der Waals surface area contributed by atoms with Gasteiger partial charge in [-0.05, 0) is 36.2 Å². The van der Waals surface area contributed by atoms with Crippen LogP contribution in [-0.2, 0) is 0 Å². The molecule has 1 aromatic rings. The van der Waals surface area contributed by atoms with Gasteiger partial charge in [0, 0.05) is 0 Å². The van der Waals surface area contributed by atoms with Gasteiger partial charge in [0.25, 0.3) is 0 Å². The number of nitrogens with zero attached hydrogens (tertiary/aromatic N) is 1. The molecule has 0 radical (unpaired) electrons. The number of hydrogen-bond acceptors (Lipinski definition) is 2. The minimum absolute atomic E-state index is 0.0782. The second kappa shape index (κ2) is 4.11. The molecular weight excluding hydrogens is 214 g/mol. The molecule has 2 rings (SSSR count). The Labute approximate surface area is 93.6 Å². The molecule has 1 saturated heterocycles. The van der Waals surface area contributed by atoms with Crippen LogP contribution in [-0.4, -0.2) is 29.5 Å². The highest BCUT2D eigenvalue weighted by Crippen LogP contribution is 2.19. The molecule has 0 spiro atoms. The fourth-order valence-electron chi connectivity index (χ4n) is 1.54. The summed E-state index contributed by atoms with van der Waals surface area (Å²) in [7, 11) is 0. The lowest BCUT2D eigenvalue weighted by atomic mass is 10.2. The van der Waals surface area contributed by atoms with Gasteiger partial charge in [-0.1, -0.05) is 12.1 Å². The maximum atomic E-state index is 10.7. The number of hydrogen-bond donors (Lipinski definition) is 0. The van der Waals surface area contributed by atoms with Gasteiger partial charge in [-0.15, -0.1) is 0 Å². The Kier molecular flexibility index (Phi) is 2.82. The second-order valence-corrected chi connectivity index (χ2v) is 4.04. The zero-order chi connectivity index (χ0) is 10.8. The molecule has 1 amide bonds. The number of benzene rings is 1. The van der Waals surface area contributed by atoms with Crippen LogP contribution in [0.25, 0.3) is 0 Å². The predicted molar refractivity (Wildman–Crippen MR) is 58.4 cm³/mol. The summed E-state index contributed by atoms with van der Waals surface area (Å²) in [5, 5.41) is -0.404. The van der Waals surface area contributed by atoms with E-state index in [4.69, 9.17) is 16.3 Å². The molecule has 3 nitrogen and oxygen atoms in total. The van der Waals surface area contributed by atoms with Crippen LogP contribution in [0.3, 0.4) is 0 Å². The van der Waals surface area contributed by atoms with Gasteiger partial charge in [0.05, 0.1) is 13.1 Å². The third-order valence-corrected chi connectivity index (χ3v) is 2.63. The van der Waals surface area contributed by atoms with E-state index in [9.17, 15) is 4.79 Å². The fraction of sp³-hybridized carbons (Fsp3) is 0.364. The highest BCUT2D eigenvalue weighted by Gasteiger charge is 2.31. The number of rotatable bonds is 2. The van der Waals surface area contributed by atoms with Crippen molar-refractivity contribution in [2.45, 2.75) is 13.0 Å². The summed E-state index contributed by atoms with van der Waals surface area (Å²) in [5.74, 6) is 0.849. The Morgan fingerprint density at radius 2 is 2.27 bits per heavy atom. The van der Waals surface area contributed by atoms with Crippen LogP contribution < -0.4 is 4.74 Å². The van der Waals surface area contributed by atoms with Gasteiger partial charge in [0.2, 0.25) is 0 Å². The Hall–Kier alpha value is -1.22. The van der Waals surface area contributed by atoms with E-state index in [1.165, 1.54) is 0 Å². The van der Waals surface area contributed by atoms with Gasteiger partial charge in [0.1, 0.15) is 11.9 Å². The van der Waals surface area contributed by atoms with Crippen molar-refractivity contribution < 1.29 is 9.53 Å². The molecule has 0 atom stereocenters. The number of amides is 1. The number of carbonyl (C=O) groups excluding carboxylic acids is 1. The van der Waals surface area contributed by atoms with E-state index < -0.39 is 5.37 Å². The average molecular weight is 226 g/mol. The molecule has 1 fully saturated rings. The lowest BCUT2D eigenvalue weighted by Gasteiger charge is -2.37. The van der Waals surface area contributed by atoms with Crippen LogP contribution in [0.2, 0.25) is 0 Å². The van der Waals surface area contributed by atoms with Crippen molar-refractivity contribution in [3.8, 4) is 5.75 Å². The molecule has 0 aliphatic carbocycles. The van der Waals surface area contributed by atoms with Gasteiger partial charge in [-0.3, -0.25) is 4.79 Å². The molecule has 4 heteroatoms. The standard InChI is InChI=1S/C11H12ClNO2/c1-8-3-2-4-9(5-8)15-10-6-13(7-10)11(12)14/h2-5,10H,6-7H2,1H3. The van der Waals surface area contributed by atoms with Crippen LogP contribution in [0.15, 0.2) is 24.3 Å². The van der Waals surface area contributed by atoms with Crippen molar-refractivity contribution >= 4 is 17.0 Å². The average Bonchev–Trinajstić information content (AvgIpc) is 2.10. The SMILES string of the molecule is Cc1cccc(OC2CN(C(=O)Cl)C2)c1. The summed E-state index contributed by atoms with van der Waals surface area (Å²) < 4.78 is 5.66. The minimum atomic E-state index is -0.404. The Balaban J connectivity index is 1.87. The van der Waals surface area contributed by atoms with Crippen LogP contribution in [0.5, 0.6) is 5.75 Å². The predicted octanol–water partition coefficient (Wildman–Crippen LogP) is 2.42. The van der Waals surface area contributed by atoms with E-state index in [0.717, 1.165) is 11.3 Å². The molecule has 0 saturated carbocycles. The zero-order valence-electron chi connectivity index (χ0n) is 8.44. The first-order chi connectivity index (χ1) is 7.15. The summed E-state index contributed by atoms with van der Waals surface area (Å²) >= 11 is 5.30. The Morgan fingerprint density at radius 3 is 2.87 bits per heavy atom. The van der Waals surface area contributed by atoms with E-state index in [1.54, 1.807) is 4.90 Å². The molecule has 1 heterocycles. The molecule has 0 unspecified atom stereocenters. The van der Waals surface area contributed by atoms with E-state index in [2.05, 4.69) is 0 Å². The van der Waals surface area contributed by atoms with Crippen molar-refractivity contribution in [1.29, 1.82) is 0 Å². The number of halogens is 1. The van der Waals surface area contributed by atoms with E-state index in [-0.39, 0.29) is 6.10 Å². The van der Waals surface area contributed by atoms with Crippen molar-refractivity contribution in [2.24, 2.45) is 0 Å². The summed E-state index contributed by atoms with van der Waals surface area (Å²) in [5.41, 5.74) is 1.16. The molecule has 1 aromatic carbocycles. The summed E-state index contributed by atoms with van der Waals surface area (Å²) in [4.78, 5) is 12.3. The lowest BCUT2D eigenvalue weighted by molar-refractivity contribution is 0.0530. The van der Waals surface area contributed by atoms with E-state index in [0.29, 0.717) is 13.1 Å². The largest absolute Gasteiger partial charge is 0.487 e. The second-order valence-electron chi connectivity index (χ2n) is 3.71. The normalized spacial score (nSPS) is 16.0. The number of aryl methyl sites for hydroxylation is 1. The van der Waals surface area contributed by atoms with Gasteiger partial charge < -0.3 is 9.64 Å². The molecule has 0 N–H and O–H groups in total. The van der Waals surface area contributed by atoms with Gasteiger partial charge in [-0.2, -0.15) is 0 Å². The molecule has 1 aliphatic rings. The number of ether oxygens (including phenoxy) is 1. The Morgan fingerprint density at radius 1 is 1.53 bits per heavy atom. The van der Waals surface area contributed by atoms with Gasteiger partial charge in [0.15, 0.2) is 0 Å². The van der Waals surface area contributed by atoms with Crippen molar-refractivity contribution in [3.05, 3.63) is 29.8 Å². The highest BCUT2D eigenvalue weighted by molar-refractivity contribution is 6.62. The zero-order valence-corrected chi connectivity index (χ0v) is 9.20. The first-order valence-electron chi connectivity index (χ1n) is 4.83. The quantitative estimate of drug-likeness (QED) is 0.572. The maximum absolute atomic E-state index is 10.7. The number of carbonyl (C=O) groups is 1. The maximum Gasteiger partial charge on any atom is 0.316 e. The lowest BCUT2D eigenvalue weighted by Crippen LogP contribution is -2.54. The first kappa shape index (κ1) is 10.3. The van der Waals surface area contributed by atoms with Gasteiger partial charge in [-0.25, -0.2) is 0 Å². The smallest absolute Gasteiger partial charge is 0.316 e. The molecular formula is C11H12ClNO2. The summed E-state index contributed by atoms with van der Waals surface area (Å²) in [6, 6.07) is 7.86. The van der Waals surface area contributed by atoms with Crippen LogP contribution >= 0.6 is 11.6 Å². The molecule has 0 bridgehead atoms. The number of likely N-dealkylation sites (tertiary alicyclic amines) is 1. The third kappa shape index (κ3) is 2.42. The van der Waals surface area contributed by atoms with Gasteiger partial charge >= 0.3 is 5.37 Å². The molecule has 80 valence electrons. The van der Waals surface area contributed by atoms with Crippen molar-refractivity contribution in [2.75, 3.05) is 13.1 Å². The molecule has 0 aromatic heterocycles. The highest BCUT2D eigenvalue weighted by atomic mass is 35.5. The monoisotopic (exact) mass is 225 g/mol. The van der Waals surface area contributed by atoms with Crippen LogP contribution in [0.4, 0.5) is 4.79 Å². The molecule has 1 aliphatic heterocycles. The first-order valence-corrected chi connectivity index (χ1v) is 5.20. The third-order valence-electron chi connectivity index (χ3n) is 2.39. The van der Waals surface area contributed by atoms with E-state index in [1.807, 2.05) is 31.2 Å². The van der Waals surface area contributed by atoms with Crippen molar-refractivity contribution in [1.82, 2.24) is 4.90 Å². The fourth-order valence-corrected chi connectivity index (χ4v) is 1.68. The van der Waals surface area contributed by atoms with E-state index >= 15 is 0 Å². The van der Waals surface area contributed by atoms with Crippen molar-refractivity contribution in [3.63, 3.8) is 0 Å². The Bertz CT molecular complexity index is 375. The van der Waals surface area contributed by atoms with Crippen LogP contribution in [0.1, 0.15) is 5.56 Å². The minimum Gasteiger partial charge on any atom is -0.487 e. The molecule has 15 heavy (non-hydrogen) atoms. The summed E-state index contributed by atoms with van der Waals surface area (Å²) in [6.45, 7) is 3.18. The summed E-state index contributed by atoms with van der Waals surface area (Å²) in [6.07, 6.45) is 0.0782. The van der Waals surface area contributed by atoms with Crippen LogP contribution in [0, 0.1) is 6.92 Å². The topological polar surface area (TPSA) is 29.5 Å².